The molecule has 2 N–H and O–H groups in total. The van der Waals surface area contributed by atoms with Gasteiger partial charge in [-0.25, -0.2) is 4.68 Å². The van der Waals surface area contributed by atoms with Crippen LogP contribution < -0.4 is 5.73 Å². The molecule has 0 aliphatic heterocycles. The molecule has 4 nitrogen and oxygen atoms in total. The minimum Gasteiger partial charge on any atom is -0.323 e. The lowest BCUT2D eigenvalue weighted by molar-refractivity contribution is 0.322. The van der Waals surface area contributed by atoms with Gasteiger partial charge in [0.25, 0.3) is 0 Å². The maximum atomic E-state index is 6.23. The highest BCUT2D eigenvalue weighted by Gasteiger charge is 2.19. The first-order valence-electron chi connectivity index (χ1n) is 6.49. The van der Waals surface area contributed by atoms with Crippen molar-refractivity contribution in [1.29, 1.82) is 0 Å². The van der Waals surface area contributed by atoms with Crippen LogP contribution >= 0.6 is 15.9 Å². The Morgan fingerprint density at radius 2 is 2.12 bits per heavy atom. The normalized spacial score (nSPS) is 19.5. The van der Waals surface area contributed by atoms with Crippen molar-refractivity contribution in [3.05, 3.63) is 10.3 Å². The number of nitrogens with zero attached hydrogens (tertiary/aromatic N) is 3. The number of rotatable bonds is 4. The van der Waals surface area contributed by atoms with Crippen molar-refractivity contribution in [2.24, 2.45) is 18.7 Å². The average molecular weight is 301 g/mol. The van der Waals surface area contributed by atoms with Gasteiger partial charge < -0.3 is 5.73 Å². The maximum Gasteiger partial charge on any atom is 0.153 e. The summed E-state index contributed by atoms with van der Waals surface area (Å²) in [5, 5.41) is 7.95. The Kier molecular flexibility index (Phi) is 4.56. The Hall–Kier alpha value is -0.420. The molecule has 0 aromatic carbocycles. The van der Waals surface area contributed by atoms with E-state index in [1.807, 2.05) is 7.05 Å². The molecule has 1 atom stereocenters. The van der Waals surface area contributed by atoms with Gasteiger partial charge in [-0.1, -0.05) is 37.3 Å². The molecule has 1 fully saturated rings. The second-order valence-corrected chi connectivity index (χ2v) is 5.83. The lowest BCUT2D eigenvalue weighted by atomic mass is 9.85. The molecule has 1 aliphatic rings. The van der Waals surface area contributed by atoms with Gasteiger partial charge in [-0.05, 0) is 34.7 Å². The van der Waals surface area contributed by atoms with Gasteiger partial charge in [0.15, 0.2) is 4.60 Å². The Morgan fingerprint density at radius 1 is 1.41 bits per heavy atom. The Bertz CT molecular complexity index is 338. The van der Waals surface area contributed by atoms with Gasteiger partial charge in [0.1, 0.15) is 0 Å². The smallest absolute Gasteiger partial charge is 0.153 e. The van der Waals surface area contributed by atoms with E-state index in [4.69, 9.17) is 5.73 Å². The molecule has 0 radical (unpaired) electrons. The summed E-state index contributed by atoms with van der Waals surface area (Å²) in [6, 6.07) is 0.0475. The van der Waals surface area contributed by atoms with E-state index in [0.29, 0.717) is 0 Å². The van der Waals surface area contributed by atoms with E-state index in [2.05, 4.69) is 26.2 Å². The molecule has 5 heteroatoms. The van der Waals surface area contributed by atoms with Gasteiger partial charge in [0, 0.05) is 13.1 Å². The van der Waals surface area contributed by atoms with Gasteiger partial charge in [0.2, 0.25) is 0 Å². The zero-order valence-corrected chi connectivity index (χ0v) is 12.0. The molecule has 1 saturated carbocycles. The van der Waals surface area contributed by atoms with Crippen LogP contribution in [-0.2, 0) is 7.05 Å². The van der Waals surface area contributed by atoms with E-state index in [1.54, 1.807) is 4.68 Å². The van der Waals surface area contributed by atoms with Crippen LogP contribution in [0.25, 0.3) is 0 Å². The summed E-state index contributed by atoms with van der Waals surface area (Å²) >= 11 is 3.41. The van der Waals surface area contributed by atoms with Crippen LogP contribution in [0.3, 0.4) is 0 Å². The minimum atomic E-state index is 0.0475. The fourth-order valence-corrected chi connectivity index (χ4v) is 3.38. The average Bonchev–Trinajstić information content (AvgIpc) is 2.67. The molecular formula is C12H21BrN4. The van der Waals surface area contributed by atoms with Crippen molar-refractivity contribution in [2.45, 2.75) is 51.0 Å². The maximum absolute atomic E-state index is 6.23. The minimum absolute atomic E-state index is 0.0475. The number of aromatic nitrogens is 3. The van der Waals surface area contributed by atoms with Crippen LogP contribution in [0.5, 0.6) is 0 Å². The van der Waals surface area contributed by atoms with Crippen molar-refractivity contribution in [1.82, 2.24) is 15.0 Å². The highest BCUT2D eigenvalue weighted by molar-refractivity contribution is 9.10. The number of nitrogens with two attached hydrogens (primary N) is 1. The van der Waals surface area contributed by atoms with Gasteiger partial charge in [-0.2, -0.15) is 0 Å². The molecule has 1 aromatic heterocycles. The molecule has 0 amide bonds. The van der Waals surface area contributed by atoms with E-state index in [0.717, 1.165) is 22.6 Å². The largest absolute Gasteiger partial charge is 0.323 e. The SMILES string of the molecule is Cn1nnc(Br)c1C(N)CCC1CCCCC1. The second kappa shape index (κ2) is 5.96. The molecule has 2 rings (SSSR count). The third kappa shape index (κ3) is 3.28. The number of halogens is 1. The molecular weight excluding hydrogens is 280 g/mol. The zero-order valence-electron chi connectivity index (χ0n) is 10.4. The lowest BCUT2D eigenvalue weighted by Crippen LogP contribution is -2.17. The fourth-order valence-electron chi connectivity index (χ4n) is 2.76. The van der Waals surface area contributed by atoms with Crippen LogP contribution in [0.15, 0.2) is 4.60 Å². The van der Waals surface area contributed by atoms with E-state index in [1.165, 1.54) is 38.5 Å². The summed E-state index contributed by atoms with van der Waals surface area (Å²) in [5.74, 6) is 0.884. The molecule has 0 saturated heterocycles. The highest BCUT2D eigenvalue weighted by atomic mass is 79.9. The molecule has 1 unspecified atom stereocenters. The first-order valence-corrected chi connectivity index (χ1v) is 7.28. The van der Waals surface area contributed by atoms with Crippen molar-refractivity contribution < 1.29 is 0 Å². The molecule has 1 aromatic rings. The van der Waals surface area contributed by atoms with E-state index < -0.39 is 0 Å². The second-order valence-electron chi connectivity index (χ2n) is 5.08. The van der Waals surface area contributed by atoms with Crippen molar-refractivity contribution in [3.8, 4) is 0 Å². The van der Waals surface area contributed by atoms with Gasteiger partial charge in [-0.15, -0.1) is 5.10 Å². The number of hydrogen-bond donors (Lipinski definition) is 1. The molecule has 1 heterocycles. The van der Waals surface area contributed by atoms with Crippen LogP contribution in [0.4, 0.5) is 0 Å². The van der Waals surface area contributed by atoms with Gasteiger partial charge >= 0.3 is 0 Å². The highest BCUT2D eigenvalue weighted by Crippen LogP contribution is 2.30. The van der Waals surface area contributed by atoms with Crippen molar-refractivity contribution in [3.63, 3.8) is 0 Å². The quantitative estimate of drug-likeness (QED) is 0.930. The van der Waals surface area contributed by atoms with Gasteiger partial charge in [-0.3, -0.25) is 0 Å². The zero-order chi connectivity index (χ0) is 12.3. The Labute approximate surface area is 111 Å². The Balaban J connectivity index is 1.86. The third-order valence-corrected chi connectivity index (χ3v) is 4.35. The predicted octanol–water partition coefficient (Wildman–Crippen LogP) is 2.94. The Morgan fingerprint density at radius 3 is 2.71 bits per heavy atom. The molecule has 0 spiro atoms. The fraction of sp³-hybridized carbons (Fsp3) is 0.833. The van der Waals surface area contributed by atoms with Crippen molar-refractivity contribution in [2.75, 3.05) is 0 Å². The third-order valence-electron chi connectivity index (χ3n) is 3.79. The summed E-state index contributed by atoms with van der Waals surface area (Å²) in [5.41, 5.74) is 7.24. The standard InChI is InChI=1S/C12H21BrN4/c1-17-11(12(13)15-16-17)10(14)8-7-9-5-3-2-4-6-9/h9-10H,2-8,14H2,1H3. The van der Waals surface area contributed by atoms with Crippen molar-refractivity contribution >= 4 is 15.9 Å². The molecule has 17 heavy (non-hydrogen) atoms. The first-order chi connectivity index (χ1) is 8.18. The number of hydrogen-bond acceptors (Lipinski definition) is 3. The van der Waals surface area contributed by atoms with E-state index in [-0.39, 0.29) is 6.04 Å². The predicted molar refractivity (Wildman–Crippen MR) is 71.4 cm³/mol. The van der Waals surface area contributed by atoms with E-state index in [9.17, 15) is 0 Å². The summed E-state index contributed by atoms with van der Waals surface area (Å²) in [6.45, 7) is 0. The van der Waals surface area contributed by atoms with E-state index >= 15 is 0 Å². The number of aryl methyl sites for hydroxylation is 1. The molecule has 0 bridgehead atoms. The molecule has 1 aliphatic carbocycles. The van der Waals surface area contributed by atoms with Crippen LogP contribution in [0.2, 0.25) is 0 Å². The lowest BCUT2D eigenvalue weighted by Gasteiger charge is -2.22. The first kappa shape index (κ1) is 13.0. The summed E-state index contributed by atoms with van der Waals surface area (Å²) in [4.78, 5) is 0. The van der Waals surface area contributed by atoms with Crippen LogP contribution in [0, 0.1) is 5.92 Å². The molecule has 96 valence electrons. The van der Waals surface area contributed by atoms with Gasteiger partial charge in [0.05, 0.1) is 5.69 Å². The van der Waals surface area contributed by atoms with Crippen LogP contribution in [-0.4, -0.2) is 15.0 Å². The van der Waals surface area contributed by atoms with Crippen LogP contribution in [0.1, 0.15) is 56.7 Å². The summed E-state index contributed by atoms with van der Waals surface area (Å²) in [7, 11) is 1.90. The monoisotopic (exact) mass is 300 g/mol. The topological polar surface area (TPSA) is 56.7 Å². The summed E-state index contributed by atoms with van der Waals surface area (Å²) in [6.07, 6.45) is 9.26. The summed E-state index contributed by atoms with van der Waals surface area (Å²) < 4.78 is 2.56.